The van der Waals surface area contributed by atoms with E-state index in [0.717, 1.165) is 37.9 Å². The summed E-state index contributed by atoms with van der Waals surface area (Å²) in [6.07, 6.45) is 3.63. The van der Waals surface area contributed by atoms with Gasteiger partial charge in [-0.05, 0) is 54.5 Å². The highest BCUT2D eigenvalue weighted by Gasteiger charge is 2.34. The minimum absolute atomic E-state index is 0.0805. The molecule has 5 rings (SSSR count). The Balaban J connectivity index is 1.20. The van der Waals surface area contributed by atoms with Gasteiger partial charge in [0.15, 0.2) is 0 Å². The molecule has 1 saturated heterocycles. The van der Waals surface area contributed by atoms with Crippen molar-refractivity contribution in [2.24, 2.45) is 0 Å². The number of fused-ring (bicyclic) bond motifs is 2. The van der Waals surface area contributed by atoms with Gasteiger partial charge in [-0.2, -0.15) is 4.72 Å². The number of rotatable bonds is 8. The molecule has 2 aromatic heterocycles. The topological polar surface area (TPSA) is 103 Å². The van der Waals surface area contributed by atoms with Crippen LogP contribution in [-0.4, -0.2) is 67.7 Å². The molecule has 1 aliphatic heterocycles. The third-order valence-electron chi connectivity index (χ3n) is 6.70. The van der Waals surface area contributed by atoms with Gasteiger partial charge in [0.1, 0.15) is 10.3 Å². The normalized spacial score (nSPS) is 16.5. The van der Waals surface area contributed by atoms with Gasteiger partial charge < -0.3 is 14.8 Å². The molecule has 2 N–H and O–H groups in total. The van der Waals surface area contributed by atoms with Crippen LogP contribution in [0.15, 0.2) is 58.9 Å². The molecule has 194 valence electrons. The molecule has 0 spiro atoms. The fraction of sp³-hybridized carbons (Fsp3) is 0.308. The molecule has 0 radical (unpaired) electrons. The average molecular weight is 559 g/mol. The molecule has 1 aliphatic rings. The van der Waals surface area contributed by atoms with Gasteiger partial charge in [-0.3, -0.25) is 9.59 Å². The Morgan fingerprint density at radius 3 is 2.89 bits per heavy atom. The zero-order valence-corrected chi connectivity index (χ0v) is 22.6. The number of likely N-dealkylation sites (tertiary alicyclic amines) is 1. The minimum atomic E-state index is -3.91. The highest BCUT2D eigenvalue weighted by molar-refractivity contribution is 7.91. The monoisotopic (exact) mass is 558 g/mol. The average Bonchev–Trinajstić information content (AvgIpc) is 3.49. The van der Waals surface area contributed by atoms with E-state index in [1.807, 2.05) is 30.5 Å². The van der Waals surface area contributed by atoms with Crippen molar-refractivity contribution in [3.8, 4) is 0 Å². The van der Waals surface area contributed by atoms with Crippen molar-refractivity contribution in [2.75, 3.05) is 26.7 Å². The Hall–Kier alpha value is -2.92. The van der Waals surface area contributed by atoms with Crippen LogP contribution in [0.1, 0.15) is 18.4 Å². The number of likely N-dealkylation sites (N-methyl/N-ethyl adjacent to an activating group) is 1. The van der Waals surface area contributed by atoms with E-state index in [4.69, 9.17) is 11.6 Å². The number of sulfonamides is 1. The van der Waals surface area contributed by atoms with Gasteiger partial charge in [0.25, 0.3) is 10.0 Å². The molecule has 0 saturated carbocycles. The molecule has 11 heteroatoms. The van der Waals surface area contributed by atoms with Crippen molar-refractivity contribution >= 4 is 65.8 Å². The third-order valence-corrected chi connectivity index (χ3v) is 9.97. The number of piperidine rings is 1. The maximum atomic E-state index is 13.1. The van der Waals surface area contributed by atoms with Crippen LogP contribution >= 0.6 is 22.9 Å². The summed E-state index contributed by atoms with van der Waals surface area (Å²) in [5.41, 5.74) is 2.18. The van der Waals surface area contributed by atoms with Gasteiger partial charge in [-0.25, -0.2) is 8.42 Å². The second-order valence-corrected chi connectivity index (χ2v) is 12.7. The lowest BCUT2D eigenvalue weighted by Gasteiger charge is -2.33. The number of carbonyl (C=O) groups is 2. The Morgan fingerprint density at radius 1 is 1.24 bits per heavy atom. The lowest BCUT2D eigenvalue weighted by molar-refractivity contribution is -0.142. The van der Waals surface area contributed by atoms with Crippen molar-refractivity contribution in [1.29, 1.82) is 0 Å². The number of hydrogen-bond donors (Lipinski definition) is 2. The molecule has 37 heavy (non-hydrogen) atoms. The number of amides is 2. The number of benzene rings is 2. The molecular formula is C26H27ClN4O4S2. The predicted molar refractivity (Wildman–Crippen MR) is 146 cm³/mol. The lowest BCUT2D eigenvalue weighted by Crippen LogP contribution is -2.54. The van der Waals surface area contributed by atoms with Gasteiger partial charge in [0.05, 0.1) is 6.54 Å². The Kier molecular flexibility index (Phi) is 7.26. The first kappa shape index (κ1) is 25.7. The van der Waals surface area contributed by atoms with Crippen LogP contribution in [0.25, 0.3) is 21.0 Å². The van der Waals surface area contributed by atoms with E-state index < -0.39 is 16.1 Å². The molecule has 4 aromatic rings. The number of aromatic amines is 1. The minimum Gasteiger partial charge on any atom is -0.361 e. The molecular weight excluding hydrogens is 532 g/mol. The van der Waals surface area contributed by atoms with E-state index in [0.29, 0.717) is 37.4 Å². The number of aromatic nitrogens is 1. The fourth-order valence-corrected chi connectivity index (χ4v) is 7.51. The van der Waals surface area contributed by atoms with E-state index in [2.05, 4.69) is 9.71 Å². The second-order valence-electron chi connectivity index (χ2n) is 9.25. The van der Waals surface area contributed by atoms with Gasteiger partial charge in [-0.15, -0.1) is 11.3 Å². The summed E-state index contributed by atoms with van der Waals surface area (Å²) in [7, 11) is -2.19. The number of para-hydroxylation sites is 1. The maximum Gasteiger partial charge on any atom is 0.250 e. The largest absolute Gasteiger partial charge is 0.361 e. The van der Waals surface area contributed by atoms with E-state index >= 15 is 0 Å². The quantitative estimate of drug-likeness (QED) is 0.341. The summed E-state index contributed by atoms with van der Waals surface area (Å²) < 4.78 is 29.5. The van der Waals surface area contributed by atoms with E-state index in [1.54, 1.807) is 36.2 Å². The number of thiophene rings is 1. The van der Waals surface area contributed by atoms with E-state index in [9.17, 15) is 18.0 Å². The van der Waals surface area contributed by atoms with E-state index in [1.165, 1.54) is 4.90 Å². The number of nitrogens with one attached hydrogen (secondary N) is 2. The highest BCUT2D eigenvalue weighted by atomic mass is 35.5. The van der Waals surface area contributed by atoms with Crippen LogP contribution in [-0.2, 0) is 26.0 Å². The van der Waals surface area contributed by atoms with Crippen LogP contribution < -0.4 is 4.72 Å². The number of carbonyl (C=O) groups excluding carboxylic acids is 2. The summed E-state index contributed by atoms with van der Waals surface area (Å²) in [6, 6.07) is 13.9. The number of nitrogens with zero attached hydrogens (tertiary/aromatic N) is 2. The van der Waals surface area contributed by atoms with Crippen molar-refractivity contribution in [3.05, 3.63) is 65.3 Å². The SMILES string of the molecule is CN(CCc1c[nH]c2ccccc12)C(=O)CN1CCCC(NS(=O)(=O)c2cc3ccc(Cl)cc3s2)C1=O. The summed E-state index contributed by atoms with van der Waals surface area (Å²) >= 11 is 7.13. The summed E-state index contributed by atoms with van der Waals surface area (Å²) in [5.74, 6) is -0.560. The maximum absolute atomic E-state index is 13.1. The number of H-pyrrole nitrogens is 1. The van der Waals surface area contributed by atoms with Crippen LogP contribution in [0.5, 0.6) is 0 Å². The second kappa shape index (κ2) is 10.4. The molecule has 0 bridgehead atoms. The van der Waals surface area contributed by atoms with Gasteiger partial charge in [-0.1, -0.05) is 35.9 Å². The molecule has 3 heterocycles. The number of halogens is 1. The first-order valence-corrected chi connectivity index (χ1v) is 14.7. The van der Waals surface area contributed by atoms with Crippen molar-refractivity contribution in [2.45, 2.75) is 29.5 Å². The summed E-state index contributed by atoms with van der Waals surface area (Å²) in [5, 5.41) is 2.43. The first-order chi connectivity index (χ1) is 17.7. The van der Waals surface area contributed by atoms with Gasteiger partial charge >= 0.3 is 0 Å². The fourth-order valence-electron chi connectivity index (χ4n) is 4.60. The smallest absolute Gasteiger partial charge is 0.250 e. The van der Waals surface area contributed by atoms with E-state index in [-0.39, 0.29) is 22.6 Å². The Bertz CT molecular complexity index is 1580. The third kappa shape index (κ3) is 5.52. The van der Waals surface area contributed by atoms with Crippen LogP contribution in [0.3, 0.4) is 0 Å². The number of hydrogen-bond acceptors (Lipinski definition) is 5. The molecule has 0 aliphatic carbocycles. The van der Waals surface area contributed by atoms with Crippen LogP contribution in [0, 0.1) is 0 Å². The van der Waals surface area contributed by atoms with Crippen molar-refractivity contribution in [1.82, 2.24) is 19.5 Å². The van der Waals surface area contributed by atoms with Crippen LogP contribution in [0.2, 0.25) is 5.02 Å². The molecule has 2 aromatic carbocycles. The molecule has 8 nitrogen and oxygen atoms in total. The molecule has 1 atom stereocenters. The molecule has 1 fully saturated rings. The zero-order valence-electron chi connectivity index (χ0n) is 20.2. The standard InChI is InChI=1S/C26H27ClN4O4S2/c1-30(12-10-18-15-28-21-6-3-2-5-20(18)21)24(32)16-31-11-4-7-22(26(31)33)29-37(34,35)25-13-17-8-9-19(27)14-23(17)36-25/h2-3,5-6,8-9,13-15,22,28-29H,4,7,10-12,16H2,1H3. The molecule has 1 unspecified atom stereocenters. The predicted octanol–water partition coefficient (Wildman–Crippen LogP) is 4.01. The lowest BCUT2D eigenvalue weighted by atomic mass is 10.1. The van der Waals surface area contributed by atoms with Crippen molar-refractivity contribution < 1.29 is 18.0 Å². The van der Waals surface area contributed by atoms with Gasteiger partial charge in [0.2, 0.25) is 11.8 Å². The Labute approximate surface area is 224 Å². The summed E-state index contributed by atoms with van der Waals surface area (Å²) in [6.45, 7) is 0.845. The Morgan fingerprint density at radius 2 is 2.05 bits per heavy atom. The highest BCUT2D eigenvalue weighted by Crippen LogP contribution is 2.31. The van der Waals surface area contributed by atoms with Crippen LogP contribution in [0.4, 0.5) is 0 Å². The zero-order chi connectivity index (χ0) is 26.2. The van der Waals surface area contributed by atoms with Crippen molar-refractivity contribution in [3.63, 3.8) is 0 Å². The molecule has 2 amide bonds. The summed E-state index contributed by atoms with van der Waals surface area (Å²) in [4.78, 5) is 32.3. The first-order valence-electron chi connectivity index (χ1n) is 12.0. The van der Waals surface area contributed by atoms with Gasteiger partial charge in [0, 0.05) is 47.0 Å².